The Hall–Kier alpha value is -1.10. The highest BCUT2D eigenvalue weighted by molar-refractivity contribution is 5.83. The number of primary amides is 1. The van der Waals surface area contributed by atoms with Crippen molar-refractivity contribution in [3.8, 4) is 0 Å². The van der Waals surface area contributed by atoms with Gasteiger partial charge in [-0.3, -0.25) is 9.59 Å². The molecule has 0 spiro atoms. The van der Waals surface area contributed by atoms with E-state index in [-0.39, 0.29) is 24.4 Å². The van der Waals surface area contributed by atoms with E-state index >= 15 is 0 Å². The van der Waals surface area contributed by atoms with E-state index in [2.05, 4.69) is 12.2 Å². The van der Waals surface area contributed by atoms with Gasteiger partial charge in [-0.15, -0.1) is 0 Å². The molecule has 1 aliphatic carbocycles. The van der Waals surface area contributed by atoms with E-state index in [0.717, 1.165) is 19.3 Å². The predicted octanol–water partition coefficient (Wildman–Crippen LogP) is 0.378. The van der Waals surface area contributed by atoms with E-state index in [0.29, 0.717) is 5.92 Å². The summed E-state index contributed by atoms with van der Waals surface area (Å²) in [6.45, 7) is 5.84. The standard InChI is InChI=1S/C13H25N3O2/c1-8-4-5-10(14)9(6-8)11(17)16-7-13(2,3)12(15)18/h8-10H,4-7,14H2,1-3H3,(H2,15,18)(H,16,17). The van der Waals surface area contributed by atoms with Gasteiger partial charge in [-0.05, 0) is 39.0 Å². The van der Waals surface area contributed by atoms with Crippen molar-refractivity contribution in [1.82, 2.24) is 5.32 Å². The molecule has 0 aromatic rings. The molecule has 0 saturated heterocycles. The smallest absolute Gasteiger partial charge is 0.224 e. The Labute approximate surface area is 109 Å². The Kier molecular flexibility index (Phi) is 4.73. The molecule has 5 heteroatoms. The van der Waals surface area contributed by atoms with Gasteiger partial charge < -0.3 is 16.8 Å². The van der Waals surface area contributed by atoms with Gasteiger partial charge >= 0.3 is 0 Å². The number of hydrogen-bond acceptors (Lipinski definition) is 3. The van der Waals surface area contributed by atoms with Crippen molar-refractivity contribution >= 4 is 11.8 Å². The monoisotopic (exact) mass is 255 g/mol. The molecule has 0 heterocycles. The Morgan fingerprint density at radius 2 is 1.94 bits per heavy atom. The zero-order valence-electron chi connectivity index (χ0n) is 11.5. The van der Waals surface area contributed by atoms with Crippen LogP contribution in [0.25, 0.3) is 0 Å². The Balaban J connectivity index is 2.52. The van der Waals surface area contributed by atoms with E-state index in [1.165, 1.54) is 0 Å². The lowest BCUT2D eigenvalue weighted by Crippen LogP contribution is -2.49. The summed E-state index contributed by atoms with van der Waals surface area (Å²) in [6.07, 6.45) is 2.79. The summed E-state index contributed by atoms with van der Waals surface area (Å²) >= 11 is 0. The van der Waals surface area contributed by atoms with Gasteiger partial charge in [0.25, 0.3) is 0 Å². The third-order valence-electron chi connectivity index (χ3n) is 3.87. The van der Waals surface area contributed by atoms with E-state index < -0.39 is 11.3 Å². The fourth-order valence-electron chi connectivity index (χ4n) is 2.23. The maximum Gasteiger partial charge on any atom is 0.224 e. The van der Waals surface area contributed by atoms with Crippen LogP contribution >= 0.6 is 0 Å². The fourth-order valence-corrected chi connectivity index (χ4v) is 2.23. The number of nitrogens with one attached hydrogen (secondary N) is 1. The zero-order valence-corrected chi connectivity index (χ0v) is 11.5. The quantitative estimate of drug-likeness (QED) is 0.677. The van der Waals surface area contributed by atoms with Gasteiger partial charge in [-0.2, -0.15) is 0 Å². The van der Waals surface area contributed by atoms with Crippen molar-refractivity contribution in [1.29, 1.82) is 0 Å². The molecule has 0 aliphatic heterocycles. The summed E-state index contributed by atoms with van der Waals surface area (Å²) in [6, 6.07) is -0.0714. The van der Waals surface area contributed by atoms with E-state index in [4.69, 9.17) is 11.5 Å². The summed E-state index contributed by atoms with van der Waals surface area (Å²) in [4.78, 5) is 23.3. The maximum absolute atomic E-state index is 12.1. The maximum atomic E-state index is 12.1. The summed E-state index contributed by atoms with van der Waals surface area (Å²) in [5.41, 5.74) is 10.5. The lowest BCUT2D eigenvalue weighted by atomic mass is 9.78. The number of rotatable bonds is 4. The molecule has 18 heavy (non-hydrogen) atoms. The Morgan fingerprint density at radius 1 is 1.33 bits per heavy atom. The number of carbonyl (C=O) groups excluding carboxylic acids is 2. The van der Waals surface area contributed by atoms with Gasteiger partial charge in [0, 0.05) is 12.6 Å². The summed E-state index contributed by atoms with van der Waals surface area (Å²) in [5.74, 6) is -0.0744. The lowest BCUT2D eigenvalue weighted by Gasteiger charge is -2.32. The largest absolute Gasteiger partial charge is 0.369 e. The van der Waals surface area contributed by atoms with Gasteiger partial charge in [0.05, 0.1) is 11.3 Å². The predicted molar refractivity (Wildman–Crippen MR) is 70.5 cm³/mol. The average Bonchev–Trinajstić information content (AvgIpc) is 2.29. The summed E-state index contributed by atoms with van der Waals surface area (Å²) in [5, 5.41) is 2.81. The van der Waals surface area contributed by atoms with Crippen molar-refractivity contribution in [2.24, 2.45) is 28.7 Å². The molecular weight excluding hydrogens is 230 g/mol. The second-order valence-electron chi connectivity index (χ2n) is 6.15. The molecule has 0 aromatic heterocycles. The van der Waals surface area contributed by atoms with E-state index in [1.807, 2.05) is 0 Å². The molecular formula is C13H25N3O2. The van der Waals surface area contributed by atoms with E-state index in [1.54, 1.807) is 13.8 Å². The molecule has 5 N–H and O–H groups in total. The minimum absolute atomic E-state index is 0.0524. The first-order chi connectivity index (χ1) is 8.24. The summed E-state index contributed by atoms with van der Waals surface area (Å²) < 4.78 is 0. The highest BCUT2D eigenvalue weighted by Crippen LogP contribution is 2.28. The molecule has 3 unspecified atom stereocenters. The zero-order chi connectivity index (χ0) is 13.9. The fraction of sp³-hybridized carbons (Fsp3) is 0.846. The average molecular weight is 255 g/mol. The molecule has 1 fully saturated rings. The molecule has 104 valence electrons. The highest BCUT2D eigenvalue weighted by Gasteiger charge is 2.33. The van der Waals surface area contributed by atoms with Crippen molar-refractivity contribution in [3.05, 3.63) is 0 Å². The second kappa shape index (κ2) is 5.69. The van der Waals surface area contributed by atoms with Crippen molar-refractivity contribution in [3.63, 3.8) is 0 Å². The molecule has 0 radical (unpaired) electrons. The van der Waals surface area contributed by atoms with Crippen LogP contribution in [0.4, 0.5) is 0 Å². The SMILES string of the molecule is CC1CCC(N)C(C(=O)NCC(C)(C)C(N)=O)C1. The molecule has 3 atom stereocenters. The number of nitrogens with two attached hydrogens (primary N) is 2. The van der Waals surface area contributed by atoms with Gasteiger partial charge in [0.1, 0.15) is 0 Å². The minimum Gasteiger partial charge on any atom is -0.369 e. The van der Waals surface area contributed by atoms with Crippen molar-refractivity contribution in [2.75, 3.05) is 6.54 Å². The van der Waals surface area contributed by atoms with Crippen LogP contribution in [0.5, 0.6) is 0 Å². The van der Waals surface area contributed by atoms with Gasteiger partial charge in [-0.1, -0.05) is 6.92 Å². The van der Waals surface area contributed by atoms with Crippen LogP contribution in [-0.2, 0) is 9.59 Å². The molecule has 1 saturated carbocycles. The van der Waals surface area contributed by atoms with E-state index in [9.17, 15) is 9.59 Å². The first-order valence-electron chi connectivity index (χ1n) is 6.57. The van der Waals surface area contributed by atoms with Crippen LogP contribution in [0.3, 0.4) is 0 Å². The second-order valence-corrected chi connectivity index (χ2v) is 6.15. The molecule has 0 aromatic carbocycles. The minimum atomic E-state index is -0.722. The molecule has 0 bridgehead atoms. The van der Waals surface area contributed by atoms with Crippen LogP contribution in [0, 0.1) is 17.3 Å². The third-order valence-corrected chi connectivity index (χ3v) is 3.87. The van der Waals surface area contributed by atoms with Gasteiger partial charge in [0.15, 0.2) is 0 Å². The third kappa shape index (κ3) is 3.70. The Morgan fingerprint density at radius 3 is 2.50 bits per heavy atom. The van der Waals surface area contributed by atoms with Crippen LogP contribution in [-0.4, -0.2) is 24.4 Å². The highest BCUT2D eigenvalue weighted by atomic mass is 16.2. The molecule has 5 nitrogen and oxygen atoms in total. The Bertz CT molecular complexity index is 328. The van der Waals surface area contributed by atoms with Crippen LogP contribution in [0.15, 0.2) is 0 Å². The van der Waals surface area contributed by atoms with Crippen molar-refractivity contribution < 1.29 is 9.59 Å². The van der Waals surface area contributed by atoms with Crippen molar-refractivity contribution in [2.45, 2.75) is 46.1 Å². The lowest BCUT2D eigenvalue weighted by molar-refractivity contribution is -0.129. The molecule has 1 rings (SSSR count). The van der Waals surface area contributed by atoms with Gasteiger partial charge in [0.2, 0.25) is 11.8 Å². The first kappa shape index (κ1) is 15.0. The van der Waals surface area contributed by atoms with Crippen LogP contribution in [0.2, 0.25) is 0 Å². The van der Waals surface area contributed by atoms with Crippen LogP contribution < -0.4 is 16.8 Å². The molecule has 1 aliphatic rings. The van der Waals surface area contributed by atoms with Gasteiger partial charge in [-0.25, -0.2) is 0 Å². The topological polar surface area (TPSA) is 98.2 Å². The first-order valence-corrected chi connectivity index (χ1v) is 6.57. The summed E-state index contributed by atoms with van der Waals surface area (Å²) in [7, 11) is 0. The van der Waals surface area contributed by atoms with Crippen LogP contribution in [0.1, 0.15) is 40.0 Å². The normalized spacial score (nSPS) is 28.8. The molecule has 2 amide bonds. The number of hydrogen-bond donors (Lipinski definition) is 3. The number of carbonyl (C=O) groups is 2. The number of amides is 2.